The zero-order chi connectivity index (χ0) is 36.7. The summed E-state index contributed by atoms with van der Waals surface area (Å²) in [6.45, 7) is 17.6. The zero-order valence-electron chi connectivity index (χ0n) is 30.9. The molecule has 0 radical (unpaired) electrons. The predicted octanol–water partition coefficient (Wildman–Crippen LogP) is 9.53. The lowest BCUT2D eigenvalue weighted by atomic mass is 9.80. The van der Waals surface area contributed by atoms with E-state index in [-0.39, 0.29) is 36.0 Å². The molecule has 9 heteroatoms. The number of allylic oxidation sites excluding steroid dienone is 1. The molecular weight excluding hydrogens is 692 g/mol. The molecular formula is C41H55BrN4O4. The maximum Gasteiger partial charge on any atom is 0.256 e. The summed E-state index contributed by atoms with van der Waals surface area (Å²) in [5.74, 6) is 1.38. The van der Waals surface area contributed by atoms with Crippen molar-refractivity contribution in [3.05, 3.63) is 81.1 Å². The topological polar surface area (TPSA) is 108 Å². The second-order valence-electron chi connectivity index (χ2n) is 14.1. The molecule has 0 spiro atoms. The number of phenols is 1. The van der Waals surface area contributed by atoms with Gasteiger partial charge in [0.2, 0.25) is 0 Å². The van der Waals surface area contributed by atoms with Gasteiger partial charge in [-0.15, -0.1) is 0 Å². The lowest BCUT2D eigenvalue weighted by Gasteiger charge is -2.36. The van der Waals surface area contributed by atoms with Gasteiger partial charge in [0.1, 0.15) is 11.4 Å². The number of aliphatic hydroxyl groups excluding tert-OH is 1. The second-order valence-corrected chi connectivity index (χ2v) is 15.0. The normalized spacial score (nSPS) is 16.7. The lowest BCUT2D eigenvalue weighted by Crippen LogP contribution is -2.40. The third-order valence-corrected chi connectivity index (χ3v) is 11.2. The molecule has 1 saturated carbocycles. The van der Waals surface area contributed by atoms with Crippen molar-refractivity contribution in [2.45, 2.75) is 112 Å². The number of ketones is 1. The van der Waals surface area contributed by atoms with Crippen LogP contribution in [0.3, 0.4) is 0 Å². The van der Waals surface area contributed by atoms with E-state index in [0.717, 1.165) is 52.7 Å². The van der Waals surface area contributed by atoms with E-state index in [2.05, 4.69) is 49.3 Å². The van der Waals surface area contributed by atoms with Gasteiger partial charge in [0.15, 0.2) is 5.78 Å². The Hall–Kier alpha value is -3.56. The molecule has 1 aliphatic heterocycles. The number of hydrogen-bond acceptors (Lipinski definition) is 6. The molecule has 1 aliphatic carbocycles. The average molecular weight is 748 g/mol. The number of aryl methyl sites for hydroxylation is 1. The van der Waals surface area contributed by atoms with Crippen LogP contribution in [0.15, 0.2) is 52.5 Å². The fourth-order valence-corrected chi connectivity index (χ4v) is 6.99. The molecule has 1 amide bonds. The Morgan fingerprint density at radius 1 is 1.16 bits per heavy atom. The molecule has 0 bridgehead atoms. The smallest absolute Gasteiger partial charge is 0.256 e. The van der Waals surface area contributed by atoms with Crippen LogP contribution in [0.1, 0.15) is 130 Å². The summed E-state index contributed by atoms with van der Waals surface area (Å²) in [5, 5.41) is 26.5. The molecule has 50 heavy (non-hydrogen) atoms. The summed E-state index contributed by atoms with van der Waals surface area (Å²) in [6.07, 6.45) is 9.22. The standard InChI is InChI=1S/C37H49BrN4O3.C4H6O/c1-7-23(5)12-16-29-35-31(8-2)41(37(45)27-14-15-28(38)24(6)36(27)39-30(21-43)22(3)4)19-18-33(35)42(40-29)32-17-13-26(20-34(32)44)25-10-9-11-25;1-3-4(2)5/h13-15,17,20,22-23,25,31,43-44H,7-12,16,18-19,21H2,1-6H3;3H,1H2,2H3. The summed E-state index contributed by atoms with van der Waals surface area (Å²) < 4.78 is 2.84. The van der Waals surface area contributed by atoms with Gasteiger partial charge in [-0.2, -0.15) is 5.10 Å². The van der Waals surface area contributed by atoms with Gasteiger partial charge in [0.25, 0.3) is 5.91 Å². The summed E-state index contributed by atoms with van der Waals surface area (Å²) in [6, 6.07) is 9.72. The van der Waals surface area contributed by atoms with Gasteiger partial charge in [-0.25, -0.2) is 4.68 Å². The number of nitrogens with zero attached hydrogens (tertiary/aromatic N) is 4. The van der Waals surface area contributed by atoms with Crippen LogP contribution >= 0.6 is 15.9 Å². The third kappa shape index (κ3) is 8.65. The fourth-order valence-electron chi connectivity index (χ4n) is 6.67. The Labute approximate surface area is 306 Å². The second kappa shape index (κ2) is 17.6. The van der Waals surface area contributed by atoms with Gasteiger partial charge < -0.3 is 15.1 Å². The van der Waals surface area contributed by atoms with Crippen molar-refractivity contribution in [2.24, 2.45) is 16.8 Å². The van der Waals surface area contributed by atoms with Crippen LogP contribution in [0.25, 0.3) is 5.69 Å². The number of benzene rings is 2. The molecule has 3 aromatic rings. The first-order valence-electron chi connectivity index (χ1n) is 18.2. The Morgan fingerprint density at radius 2 is 1.86 bits per heavy atom. The van der Waals surface area contributed by atoms with E-state index >= 15 is 0 Å². The van der Waals surface area contributed by atoms with Gasteiger partial charge in [0, 0.05) is 28.7 Å². The Morgan fingerprint density at radius 3 is 2.40 bits per heavy atom. The van der Waals surface area contributed by atoms with E-state index in [1.165, 1.54) is 37.8 Å². The van der Waals surface area contributed by atoms with E-state index in [1.54, 1.807) is 0 Å². The molecule has 2 heterocycles. The van der Waals surface area contributed by atoms with Gasteiger partial charge >= 0.3 is 0 Å². The van der Waals surface area contributed by atoms with Crippen LogP contribution in [0.2, 0.25) is 0 Å². The summed E-state index contributed by atoms with van der Waals surface area (Å²) >= 11 is 3.63. The number of aromatic nitrogens is 2. The minimum atomic E-state index is -0.158. The summed E-state index contributed by atoms with van der Waals surface area (Å²) in [5.41, 5.74) is 7.82. The number of aromatic hydroxyl groups is 1. The number of rotatable bonds is 12. The average Bonchev–Trinajstić information content (AvgIpc) is 3.44. The molecule has 270 valence electrons. The SMILES string of the molecule is C=CC(C)=O.CCC(C)CCc1nn(-c2ccc(C3CCC3)cc2O)c2c1C(CC)N(C(=O)c1ccc(Br)c(C)c1N=C(CO)C(C)C)CC2. The number of fused-ring (bicyclic) bond motifs is 1. The van der Waals surface area contributed by atoms with Crippen molar-refractivity contribution in [1.82, 2.24) is 14.7 Å². The minimum absolute atomic E-state index is 0.0185. The largest absolute Gasteiger partial charge is 0.506 e. The molecule has 5 rings (SSSR count). The van der Waals surface area contributed by atoms with Gasteiger partial charge in [-0.1, -0.05) is 76.0 Å². The highest BCUT2D eigenvalue weighted by molar-refractivity contribution is 9.10. The van der Waals surface area contributed by atoms with Gasteiger partial charge in [-0.05, 0) is 105 Å². The number of halogens is 1. The highest BCUT2D eigenvalue weighted by atomic mass is 79.9. The van der Waals surface area contributed by atoms with Crippen molar-refractivity contribution in [2.75, 3.05) is 13.2 Å². The molecule has 0 saturated heterocycles. The number of amides is 1. The van der Waals surface area contributed by atoms with Crippen LogP contribution in [0.5, 0.6) is 5.75 Å². The quantitative estimate of drug-likeness (QED) is 0.142. The van der Waals surface area contributed by atoms with Crippen LogP contribution in [0, 0.1) is 18.8 Å². The van der Waals surface area contributed by atoms with Crippen molar-refractivity contribution in [1.29, 1.82) is 0 Å². The van der Waals surface area contributed by atoms with Crippen LogP contribution in [-0.4, -0.2) is 55.4 Å². The molecule has 1 aromatic heterocycles. The molecule has 2 N–H and O–H groups in total. The van der Waals surface area contributed by atoms with Crippen LogP contribution in [0.4, 0.5) is 5.69 Å². The molecule has 1 fully saturated rings. The zero-order valence-corrected chi connectivity index (χ0v) is 32.5. The Balaban J connectivity index is 0.00000105. The third-order valence-electron chi connectivity index (χ3n) is 10.4. The van der Waals surface area contributed by atoms with E-state index in [4.69, 9.17) is 10.1 Å². The lowest BCUT2D eigenvalue weighted by molar-refractivity contribution is -0.112. The van der Waals surface area contributed by atoms with E-state index in [0.29, 0.717) is 47.5 Å². The highest BCUT2D eigenvalue weighted by Gasteiger charge is 2.37. The van der Waals surface area contributed by atoms with Gasteiger partial charge in [0.05, 0.1) is 35.3 Å². The maximum atomic E-state index is 14.5. The number of hydrogen-bond donors (Lipinski definition) is 2. The molecule has 2 aromatic carbocycles. The summed E-state index contributed by atoms with van der Waals surface area (Å²) in [4.78, 5) is 31.0. The number of carbonyl (C=O) groups excluding carboxylic acids is 2. The van der Waals surface area contributed by atoms with E-state index < -0.39 is 0 Å². The van der Waals surface area contributed by atoms with Crippen LogP contribution < -0.4 is 0 Å². The molecule has 2 atom stereocenters. The minimum Gasteiger partial charge on any atom is -0.506 e. The molecule has 2 unspecified atom stereocenters. The van der Waals surface area contributed by atoms with E-state index in [9.17, 15) is 19.8 Å². The fraction of sp³-hybridized carbons (Fsp3) is 0.512. The first-order valence-corrected chi connectivity index (χ1v) is 19.0. The van der Waals surface area contributed by atoms with Crippen molar-refractivity contribution in [3.8, 4) is 11.4 Å². The van der Waals surface area contributed by atoms with E-state index in [1.807, 2.05) is 54.6 Å². The van der Waals surface area contributed by atoms with Crippen LogP contribution in [-0.2, 0) is 17.6 Å². The number of aliphatic imine (C=N–C) groups is 1. The number of aliphatic hydroxyl groups is 1. The first kappa shape index (κ1) is 39.2. The molecule has 8 nitrogen and oxygen atoms in total. The highest BCUT2D eigenvalue weighted by Crippen LogP contribution is 2.42. The number of carbonyl (C=O) groups is 2. The first-order chi connectivity index (χ1) is 23.9. The maximum absolute atomic E-state index is 14.5. The predicted molar refractivity (Wildman–Crippen MR) is 206 cm³/mol. The van der Waals surface area contributed by atoms with Gasteiger partial charge in [-0.3, -0.25) is 14.6 Å². The van der Waals surface area contributed by atoms with Crippen molar-refractivity contribution < 1.29 is 19.8 Å². The Kier molecular flexibility index (Phi) is 13.8. The number of phenolic OH excluding ortho intramolecular Hbond substituents is 1. The Bertz CT molecular complexity index is 1720. The summed E-state index contributed by atoms with van der Waals surface area (Å²) in [7, 11) is 0. The van der Waals surface area contributed by atoms with Crippen molar-refractivity contribution in [3.63, 3.8) is 0 Å². The molecule has 2 aliphatic rings. The monoisotopic (exact) mass is 746 g/mol. The van der Waals surface area contributed by atoms with Crippen molar-refractivity contribution >= 4 is 39.0 Å².